The number of aromatic amines is 1. The van der Waals surface area contributed by atoms with Gasteiger partial charge >= 0.3 is 0 Å². The van der Waals surface area contributed by atoms with E-state index in [-0.39, 0.29) is 59.0 Å². The van der Waals surface area contributed by atoms with Crippen molar-refractivity contribution in [3.63, 3.8) is 0 Å². The summed E-state index contributed by atoms with van der Waals surface area (Å²) >= 11 is 5.88. The number of para-hydroxylation sites is 1. The topological polar surface area (TPSA) is 140 Å². The number of amides is 4. The summed E-state index contributed by atoms with van der Waals surface area (Å²) in [6.07, 6.45) is 1.15. The first-order valence-corrected chi connectivity index (χ1v) is 15.3. The Bertz CT molecular complexity index is 1370. The fraction of sp³-hybridized carbons (Fsp3) is 0.581. The highest BCUT2D eigenvalue weighted by Gasteiger charge is 2.69. The molecule has 1 unspecified atom stereocenters. The predicted molar refractivity (Wildman–Crippen MR) is 159 cm³/mol. The van der Waals surface area contributed by atoms with E-state index in [0.717, 1.165) is 10.9 Å². The van der Waals surface area contributed by atoms with Crippen LogP contribution < -0.4 is 16.0 Å². The summed E-state index contributed by atoms with van der Waals surface area (Å²) in [6, 6.07) is 6.77. The number of fused-ring (bicyclic) bond motifs is 2. The highest BCUT2D eigenvalue weighted by molar-refractivity contribution is 6.28. The van der Waals surface area contributed by atoms with Gasteiger partial charge in [0, 0.05) is 29.9 Å². The van der Waals surface area contributed by atoms with Crippen LogP contribution in [0.5, 0.6) is 0 Å². The number of halogens is 1. The second-order valence-electron chi connectivity index (χ2n) is 13.0. The van der Waals surface area contributed by atoms with Crippen LogP contribution in [-0.2, 0) is 19.2 Å². The van der Waals surface area contributed by atoms with E-state index in [2.05, 4.69) is 34.8 Å². The molecule has 5 rings (SSSR count). The average molecular weight is 598 g/mol. The molecule has 0 radical (unpaired) electrons. The van der Waals surface area contributed by atoms with Crippen molar-refractivity contribution < 1.29 is 24.0 Å². The van der Waals surface area contributed by atoms with E-state index in [1.165, 1.54) is 0 Å². The molecule has 1 aliphatic carbocycles. The fourth-order valence-corrected chi connectivity index (χ4v) is 7.10. The third-order valence-electron chi connectivity index (χ3n) is 9.37. The van der Waals surface area contributed by atoms with Crippen LogP contribution in [0.25, 0.3) is 10.9 Å². The van der Waals surface area contributed by atoms with E-state index < -0.39 is 29.9 Å². The Morgan fingerprint density at radius 3 is 2.50 bits per heavy atom. The summed E-state index contributed by atoms with van der Waals surface area (Å²) in [5, 5.41) is 9.44. The van der Waals surface area contributed by atoms with Gasteiger partial charge in [-0.15, -0.1) is 11.6 Å². The van der Waals surface area contributed by atoms with Crippen molar-refractivity contribution >= 4 is 51.9 Å². The molecule has 2 saturated heterocycles. The first-order valence-electron chi connectivity index (χ1n) is 14.8. The van der Waals surface area contributed by atoms with E-state index >= 15 is 0 Å². The summed E-state index contributed by atoms with van der Waals surface area (Å²) in [5.74, 6) is -2.15. The third-order valence-corrected chi connectivity index (χ3v) is 9.63. The van der Waals surface area contributed by atoms with Crippen molar-refractivity contribution in [2.75, 3.05) is 19.0 Å². The van der Waals surface area contributed by atoms with Crippen LogP contribution in [0.3, 0.4) is 0 Å². The number of likely N-dealkylation sites (tertiary alicyclic amines) is 1. The number of hydrogen-bond acceptors (Lipinski definition) is 5. The number of ketones is 1. The predicted octanol–water partition coefficient (Wildman–Crippen LogP) is 2.61. The van der Waals surface area contributed by atoms with Gasteiger partial charge in [0.2, 0.25) is 17.7 Å². The molecule has 0 spiro atoms. The summed E-state index contributed by atoms with van der Waals surface area (Å²) in [4.78, 5) is 70.9. The van der Waals surface area contributed by atoms with E-state index in [0.29, 0.717) is 31.6 Å². The molecule has 11 heteroatoms. The van der Waals surface area contributed by atoms with Crippen LogP contribution in [0.1, 0.15) is 57.4 Å². The number of benzene rings is 1. The molecule has 0 bridgehead atoms. The lowest BCUT2D eigenvalue weighted by atomic mass is 9.94. The Morgan fingerprint density at radius 2 is 1.86 bits per heavy atom. The summed E-state index contributed by atoms with van der Waals surface area (Å²) in [7, 11) is 0. The van der Waals surface area contributed by atoms with Crippen molar-refractivity contribution in [3.05, 3.63) is 36.0 Å². The lowest BCUT2D eigenvalue weighted by Gasteiger charge is -2.34. The Labute approximate surface area is 250 Å². The Balaban J connectivity index is 1.35. The van der Waals surface area contributed by atoms with Crippen molar-refractivity contribution in [2.24, 2.45) is 29.1 Å². The largest absolute Gasteiger partial charge is 0.356 e. The molecule has 10 nitrogen and oxygen atoms in total. The number of H-pyrrole nitrogens is 1. The number of nitrogens with one attached hydrogen (secondary N) is 4. The standard InChI is InChI=1S/C31H40ClN5O5/c1-16(2)11-23(36-28(40)22-12-17-7-5-6-8-20(17)34-22)30(42)37-15-19-25(31(19,3)4)26(37)29(41)35-21(24(38)14-32)13-18-9-10-33-27(18)39/h5-8,12,16,18-19,21,23,25-26,34H,9-11,13-15H2,1-4H3,(H,33,39)(H,35,41)(H,36,40)/t18-,19-,21?,23-,25-,26-/m0/s1. The van der Waals surface area contributed by atoms with Gasteiger partial charge < -0.3 is 25.8 Å². The van der Waals surface area contributed by atoms with Crippen LogP contribution in [0.4, 0.5) is 0 Å². The van der Waals surface area contributed by atoms with Gasteiger partial charge in [0.25, 0.3) is 5.91 Å². The van der Waals surface area contributed by atoms with Gasteiger partial charge in [-0.2, -0.15) is 0 Å². The summed E-state index contributed by atoms with van der Waals surface area (Å²) < 4.78 is 0. The lowest BCUT2D eigenvalue weighted by Crippen LogP contribution is -2.58. The van der Waals surface area contributed by atoms with E-state index in [1.807, 2.05) is 38.1 Å². The summed E-state index contributed by atoms with van der Waals surface area (Å²) in [6.45, 7) is 9.04. The molecular weight excluding hydrogens is 558 g/mol. The number of hydrogen-bond donors (Lipinski definition) is 4. The maximum Gasteiger partial charge on any atom is 0.268 e. The first kappa shape index (κ1) is 30.1. The lowest BCUT2D eigenvalue weighted by molar-refractivity contribution is -0.142. The number of nitrogens with zero attached hydrogens (tertiary/aromatic N) is 1. The van der Waals surface area contributed by atoms with Crippen LogP contribution in [0.2, 0.25) is 0 Å². The molecule has 1 saturated carbocycles. The molecule has 6 atom stereocenters. The van der Waals surface area contributed by atoms with Gasteiger partial charge in [-0.05, 0) is 54.6 Å². The number of aromatic nitrogens is 1. The smallest absolute Gasteiger partial charge is 0.268 e. The van der Waals surface area contributed by atoms with Gasteiger partial charge in [-0.1, -0.05) is 45.9 Å². The quantitative estimate of drug-likeness (QED) is 0.295. The molecule has 3 heterocycles. The second kappa shape index (κ2) is 11.7. The van der Waals surface area contributed by atoms with Crippen LogP contribution >= 0.6 is 11.6 Å². The van der Waals surface area contributed by atoms with Gasteiger partial charge in [0.1, 0.15) is 17.8 Å². The van der Waals surface area contributed by atoms with Gasteiger partial charge in [0.05, 0.1) is 11.9 Å². The maximum atomic E-state index is 14.1. The Hall–Kier alpha value is -3.40. The molecule has 3 aliphatic rings. The number of carbonyl (C=O) groups excluding carboxylic acids is 5. The van der Waals surface area contributed by atoms with Gasteiger partial charge in [-0.3, -0.25) is 24.0 Å². The molecule has 226 valence electrons. The minimum atomic E-state index is -0.921. The number of carbonyl (C=O) groups is 5. The van der Waals surface area contributed by atoms with Gasteiger partial charge in [-0.25, -0.2) is 0 Å². The Kier molecular flexibility index (Phi) is 8.38. The number of rotatable bonds is 11. The zero-order valence-corrected chi connectivity index (χ0v) is 25.3. The molecule has 2 aromatic rings. The van der Waals surface area contributed by atoms with Crippen molar-refractivity contribution in [2.45, 2.75) is 65.1 Å². The van der Waals surface area contributed by atoms with Crippen LogP contribution in [-0.4, -0.2) is 76.4 Å². The first-order chi connectivity index (χ1) is 19.9. The van der Waals surface area contributed by atoms with E-state index in [1.54, 1.807) is 11.0 Å². The zero-order valence-electron chi connectivity index (χ0n) is 24.5. The molecule has 3 fully saturated rings. The highest BCUT2D eigenvalue weighted by Crippen LogP contribution is 2.65. The molecule has 4 N–H and O–H groups in total. The second-order valence-corrected chi connectivity index (χ2v) is 13.3. The number of Topliss-reactive ketones (excluding diaryl/α,β-unsaturated/α-hetero) is 1. The normalized spacial score (nSPS) is 25.6. The van der Waals surface area contributed by atoms with Crippen LogP contribution in [0, 0.1) is 29.1 Å². The molecule has 1 aromatic carbocycles. The molecular formula is C31H40ClN5O5. The minimum absolute atomic E-state index is 0.0768. The number of alkyl halides is 1. The minimum Gasteiger partial charge on any atom is -0.356 e. The van der Waals surface area contributed by atoms with E-state index in [9.17, 15) is 24.0 Å². The SMILES string of the molecule is CC(C)C[C@H](NC(=O)c1cc2ccccc2[nH]1)C(=O)N1C[C@H]2[C@@H]([C@H]1C(=O)NC(C[C@@H]1CCNC1=O)C(=O)CCl)C2(C)C. The molecule has 1 aromatic heterocycles. The molecule has 42 heavy (non-hydrogen) atoms. The van der Waals surface area contributed by atoms with Crippen LogP contribution in [0.15, 0.2) is 30.3 Å². The zero-order chi connectivity index (χ0) is 30.3. The fourth-order valence-electron chi connectivity index (χ4n) is 6.91. The molecule has 4 amide bonds. The van der Waals surface area contributed by atoms with Crippen molar-refractivity contribution in [3.8, 4) is 0 Å². The summed E-state index contributed by atoms with van der Waals surface area (Å²) in [5.41, 5.74) is 1.04. The maximum absolute atomic E-state index is 14.1. The Morgan fingerprint density at radius 1 is 1.12 bits per heavy atom. The molecule has 2 aliphatic heterocycles. The van der Waals surface area contributed by atoms with Crippen molar-refractivity contribution in [1.82, 2.24) is 25.8 Å². The number of piperidine rings is 1. The van der Waals surface area contributed by atoms with Crippen molar-refractivity contribution in [1.29, 1.82) is 0 Å². The third kappa shape index (κ3) is 5.78. The average Bonchev–Trinajstić information content (AvgIpc) is 3.46. The highest BCUT2D eigenvalue weighted by atomic mass is 35.5. The monoisotopic (exact) mass is 597 g/mol. The van der Waals surface area contributed by atoms with Gasteiger partial charge in [0.15, 0.2) is 5.78 Å². The van der Waals surface area contributed by atoms with E-state index in [4.69, 9.17) is 11.6 Å².